The number of rotatable bonds is 5. The van der Waals surface area contributed by atoms with Crippen LogP contribution in [0.15, 0.2) is 43.0 Å². The van der Waals surface area contributed by atoms with E-state index in [0.29, 0.717) is 6.07 Å². The van der Waals surface area contributed by atoms with E-state index in [4.69, 9.17) is 0 Å². The minimum absolute atomic E-state index is 0.123. The normalized spacial score (nSPS) is 14.3. The Bertz CT molecular complexity index is 860. The molecule has 130 valence electrons. The third-order valence-corrected chi connectivity index (χ3v) is 3.63. The van der Waals surface area contributed by atoms with E-state index in [1.54, 1.807) is 0 Å². The number of nitrogens with zero attached hydrogens (tertiary/aromatic N) is 4. The van der Waals surface area contributed by atoms with Gasteiger partial charge in [0.05, 0.1) is 0 Å². The Morgan fingerprint density at radius 2 is 1.80 bits per heavy atom. The maximum atomic E-state index is 15.1. The summed E-state index contributed by atoms with van der Waals surface area (Å²) in [5, 5.41) is 16.7. The molecule has 3 rings (SSSR count). The zero-order valence-corrected chi connectivity index (χ0v) is 12.5. The summed E-state index contributed by atoms with van der Waals surface area (Å²) in [4.78, 5) is 10.6. The van der Waals surface area contributed by atoms with Crippen LogP contribution in [0.3, 0.4) is 0 Å². The first kappa shape index (κ1) is 17.0. The minimum Gasteiger partial charge on any atom is -0.378 e. The van der Waals surface area contributed by atoms with Gasteiger partial charge in [-0.1, -0.05) is 6.07 Å². The fraction of sp³-hybridized carbons (Fsp3) is 0.200. The molecule has 0 aliphatic rings. The van der Waals surface area contributed by atoms with Gasteiger partial charge >= 0.3 is 5.92 Å². The van der Waals surface area contributed by atoms with Crippen LogP contribution in [0.4, 0.5) is 17.6 Å². The average molecular weight is 353 g/mol. The standard InChI is InChI=1S/C15H11F4N5O/c16-9-2-3-10(11(17)6-9)14(25,7-12-22-8-23-24-12)15(18,19)13-20-4-1-5-21-13/h1-6,8,25H,7H2,(H,22,23,24). The second-order valence-electron chi connectivity index (χ2n) is 5.24. The van der Waals surface area contributed by atoms with Gasteiger partial charge < -0.3 is 5.11 Å². The molecule has 0 amide bonds. The molecule has 0 spiro atoms. The van der Waals surface area contributed by atoms with Gasteiger partial charge in [-0.15, -0.1) is 0 Å². The maximum absolute atomic E-state index is 15.1. The molecule has 3 aromatic rings. The Hall–Kier alpha value is -2.88. The highest BCUT2D eigenvalue weighted by Gasteiger charge is 2.58. The highest BCUT2D eigenvalue weighted by Crippen LogP contribution is 2.46. The lowest BCUT2D eigenvalue weighted by molar-refractivity contribution is -0.202. The van der Waals surface area contributed by atoms with Crippen LogP contribution in [0.1, 0.15) is 17.2 Å². The van der Waals surface area contributed by atoms with Gasteiger partial charge in [-0.05, 0) is 12.1 Å². The molecule has 0 saturated carbocycles. The van der Waals surface area contributed by atoms with Crippen molar-refractivity contribution in [1.82, 2.24) is 25.1 Å². The molecule has 1 unspecified atom stereocenters. The molecular formula is C15H11F4N5O. The molecule has 10 heteroatoms. The van der Waals surface area contributed by atoms with E-state index < -0.39 is 41.0 Å². The number of aromatic nitrogens is 5. The van der Waals surface area contributed by atoms with Crippen LogP contribution in [0.2, 0.25) is 0 Å². The van der Waals surface area contributed by atoms with Gasteiger partial charge in [0, 0.05) is 30.4 Å². The Morgan fingerprint density at radius 1 is 1.08 bits per heavy atom. The van der Waals surface area contributed by atoms with Crippen LogP contribution in [0, 0.1) is 11.6 Å². The number of alkyl halides is 2. The van der Waals surface area contributed by atoms with Crippen molar-refractivity contribution in [3.63, 3.8) is 0 Å². The molecule has 1 atom stereocenters. The van der Waals surface area contributed by atoms with Crippen molar-refractivity contribution in [2.75, 3.05) is 0 Å². The molecular weight excluding hydrogens is 342 g/mol. The van der Waals surface area contributed by atoms with E-state index in [-0.39, 0.29) is 5.82 Å². The highest BCUT2D eigenvalue weighted by atomic mass is 19.3. The number of benzene rings is 1. The van der Waals surface area contributed by atoms with E-state index in [1.165, 1.54) is 6.07 Å². The quantitative estimate of drug-likeness (QED) is 0.686. The third kappa shape index (κ3) is 2.95. The maximum Gasteiger partial charge on any atom is 0.339 e. The summed E-state index contributed by atoms with van der Waals surface area (Å²) in [7, 11) is 0. The number of hydrogen-bond donors (Lipinski definition) is 2. The molecule has 2 heterocycles. The molecule has 2 N–H and O–H groups in total. The van der Waals surface area contributed by atoms with E-state index in [1.807, 2.05) is 0 Å². The van der Waals surface area contributed by atoms with Gasteiger partial charge in [0.25, 0.3) is 0 Å². The van der Waals surface area contributed by atoms with Gasteiger partial charge in [-0.2, -0.15) is 13.9 Å². The first-order valence-corrected chi connectivity index (χ1v) is 7.02. The summed E-state index contributed by atoms with van der Waals surface area (Å²) in [5.41, 5.74) is -3.95. The molecule has 0 aliphatic heterocycles. The largest absolute Gasteiger partial charge is 0.378 e. The summed E-state index contributed by atoms with van der Waals surface area (Å²) < 4.78 is 57.5. The van der Waals surface area contributed by atoms with Crippen LogP contribution < -0.4 is 0 Å². The van der Waals surface area contributed by atoms with Crippen molar-refractivity contribution in [2.24, 2.45) is 0 Å². The van der Waals surface area contributed by atoms with Crippen molar-refractivity contribution in [1.29, 1.82) is 0 Å². The van der Waals surface area contributed by atoms with Crippen LogP contribution in [-0.2, 0) is 17.9 Å². The first-order chi connectivity index (χ1) is 11.8. The van der Waals surface area contributed by atoms with Crippen molar-refractivity contribution < 1.29 is 22.7 Å². The van der Waals surface area contributed by atoms with Crippen molar-refractivity contribution >= 4 is 0 Å². The van der Waals surface area contributed by atoms with Gasteiger partial charge in [-0.3, -0.25) is 5.10 Å². The molecule has 6 nitrogen and oxygen atoms in total. The summed E-state index contributed by atoms with van der Waals surface area (Å²) in [6.45, 7) is 0. The minimum atomic E-state index is -4.11. The zero-order valence-electron chi connectivity index (χ0n) is 12.5. The van der Waals surface area contributed by atoms with Crippen LogP contribution in [0.25, 0.3) is 0 Å². The number of aliphatic hydroxyl groups is 1. The number of halogens is 4. The fourth-order valence-electron chi connectivity index (χ4n) is 2.40. The molecule has 2 aromatic heterocycles. The smallest absolute Gasteiger partial charge is 0.339 e. The molecule has 0 bridgehead atoms. The molecule has 0 fully saturated rings. The lowest BCUT2D eigenvalue weighted by Crippen LogP contribution is -2.47. The molecule has 0 saturated heterocycles. The highest BCUT2D eigenvalue weighted by molar-refractivity contribution is 5.30. The molecule has 25 heavy (non-hydrogen) atoms. The van der Waals surface area contributed by atoms with Crippen LogP contribution in [0.5, 0.6) is 0 Å². The lowest BCUT2D eigenvalue weighted by atomic mass is 9.83. The Balaban J connectivity index is 2.18. The average Bonchev–Trinajstić information content (AvgIpc) is 3.08. The predicted octanol–water partition coefficient (Wildman–Crippen LogP) is 2.10. The summed E-state index contributed by atoms with van der Waals surface area (Å²) in [5.74, 6) is -7.55. The van der Waals surface area contributed by atoms with Gasteiger partial charge in [-0.25, -0.2) is 23.7 Å². The van der Waals surface area contributed by atoms with E-state index in [2.05, 4.69) is 25.1 Å². The van der Waals surface area contributed by atoms with Crippen molar-refractivity contribution in [3.05, 3.63) is 71.8 Å². The van der Waals surface area contributed by atoms with Gasteiger partial charge in [0.15, 0.2) is 5.60 Å². The molecule has 1 aromatic carbocycles. The Morgan fingerprint density at radius 3 is 2.40 bits per heavy atom. The molecule has 0 aliphatic carbocycles. The van der Waals surface area contributed by atoms with Gasteiger partial charge in [0.1, 0.15) is 23.8 Å². The predicted molar refractivity (Wildman–Crippen MR) is 76.3 cm³/mol. The van der Waals surface area contributed by atoms with Crippen molar-refractivity contribution in [2.45, 2.75) is 17.9 Å². The topological polar surface area (TPSA) is 87.6 Å². The van der Waals surface area contributed by atoms with E-state index in [9.17, 15) is 13.9 Å². The Kier molecular flexibility index (Phi) is 4.21. The van der Waals surface area contributed by atoms with E-state index in [0.717, 1.165) is 30.9 Å². The SMILES string of the molecule is OC(Cc1ncn[nH]1)(c1ccc(F)cc1F)C(F)(F)c1ncccn1. The number of nitrogens with one attached hydrogen (secondary N) is 1. The molecule has 0 radical (unpaired) electrons. The summed E-state index contributed by atoms with van der Waals surface area (Å²) in [6, 6.07) is 3.24. The number of hydrogen-bond acceptors (Lipinski definition) is 5. The van der Waals surface area contributed by atoms with Crippen LogP contribution >= 0.6 is 0 Å². The summed E-state index contributed by atoms with van der Waals surface area (Å²) in [6.07, 6.45) is 2.34. The number of aromatic amines is 1. The van der Waals surface area contributed by atoms with Crippen LogP contribution in [-0.4, -0.2) is 30.3 Å². The zero-order chi connectivity index (χ0) is 18.1. The summed E-state index contributed by atoms with van der Waals surface area (Å²) >= 11 is 0. The monoisotopic (exact) mass is 353 g/mol. The fourth-order valence-corrected chi connectivity index (χ4v) is 2.40. The van der Waals surface area contributed by atoms with E-state index >= 15 is 8.78 Å². The van der Waals surface area contributed by atoms with Gasteiger partial charge in [0.2, 0.25) is 5.82 Å². The number of H-pyrrole nitrogens is 1. The second kappa shape index (κ2) is 6.20. The second-order valence-corrected chi connectivity index (χ2v) is 5.24. The first-order valence-electron chi connectivity index (χ1n) is 7.02. The third-order valence-electron chi connectivity index (χ3n) is 3.63. The van der Waals surface area contributed by atoms with Crippen molar-refractivity contribution in [3.8, 4) is 0 Å². The Labute approximate surface area is 138 Å². The lowest BCUT2D eigenvalue weighted by Gasteiger charge is -2.34.